The van der Waals surface area contributed by atoms with Gasteiger partial charge in [0.2, 0.25) is 0 Å². The number of benzene rings is 2. The molecule has 0 radical (unpaired) electrons. The largest absolute Gasteiger partial charge is 0.357 e. The normalized spacial score (nSPS) is 11.6. The van der Waals surface area contributed by atoms with Gasteiger partial charge >= 0.3 is 0 Å². The van der Waals surface area contributed by atoms with Gasteiger partial charge in [-0.2, -0.15) is 0 Å². The number of aliphatic imine (C=N–C) groups is 1. The minimum absolute atomic E-state index is 0. The molecule has 0 aliphatic rings. The molecule has 0 bridgehead atoms. The van der Waals surface area contributed by atoms with E-state index in [2.05, 4.69) is 15.6 Å². The molecule has 2 N–H and O–H groups in total. The SMILES string of the molecule is CCNC(=NCCCS(=O)(=O)c1ccccc1)NCCc1ccc(F)cc1.I. The number of guanidine groups is 1. The van der Waals surface area contributed by atoms with Crippen LogP contribution in [0.3, 0.4) is 0 Å². The molecule has 28 heavy (non-hydrogen) atoms. The Morgan fingerprint density at radius 3 is 2.36 bits per heavy atom. The van der Waals surface area contributed by atoms with Gasteiger partial charge in [-0.15, -0.1) is 24.0 Å². The molecule has 154 valence electrons. The quantitative estimate of drug-likeness (QED) is 0.231. The average Bonchev–Trinajstić information content (AvgIpc) is 2.67. The van der Waals surface area contributed by atoms with Crippen LogP contribution in [0.2, 0.25) is 0 Å². The first-order valence-electron chi connectivity index (χ1n) is 9.05. The number of nitrogens with zero attached hydrogens (tertiary/aromatic N) is 1. The van der Waals surface area contributed by atoms with E-state index in [0.29, 0.717) is 36.9 Å². The van der Waals surface area contributed by atoms with E-state index in [4.69, 9.17) is 0 Å². The Hall–Kier alpha value is -1.68. The fourth-order valence-corrected chi connectivity index (χ4v) is 3.83. The second-order valence-electron chi connectivity index (χ2n) is 6.05. The third kappa shape index (κ3) is 8.55. The maximum atomic E-state index is 12.9. The lowest BCUT2D eigenvalue weighted by Gasteiger charge is -2.11. The van der Waals surface area contributed by atoms with E-state index in [1.165, 1.54) is 12.1 Å². The molecule has 5 nitrogen and oxygen atoms in total. The number of halogens is 2. The van der Waals surface area contributed by atoms with Gasteiger partial charge in [0.05, 0.1) is 10.6 Å². The van der Waals surface area contributed by atoms with Crippen LogP contribution in [-0.4, -0.2) is 39.8 Å². The summed E-state index contributed by atoms with van der Waals surface area (Å²) >= 11 is 0. The van der Waals surface area contributed by atoms with Crippen molar-refractivity contribution in [3.8, 4) is 0 Å². The zero-order valence-corrected chi connectivity index (χ0v) is 19.0. The van der Waals surface area contributed by atoms with E-state index in [1.807, 2.05) is 6.92 Å². The molecule has 0 aliphatic carbocycles. The highest BCUT2D eigenvalue weighted by atomic mass is 127. The van der Waals surface area contributed by atoms with Gasteiger partial charge in [0.15, 0.2) is 15.8 Å². The lowest BCUT2D eigenvalue weighted by Crippen LogP contribution is -2.38. The van der Waals surface area contributed by atoms with Gasteiger partial charge in [-0.05, 0) is 49.6 Å². The van der Waals surface area contributed by atoms with Crippen LogP contribution < -0.4 is 10.6 Å². The Morgan fingerprint density at radius 1 is 1.04 bits per heavy atom. The maximum absolute atomic E-state index is 12.9. The standard InChI is InChI=1S/C20H26FN3O2S.HI/c1-2-22-20(24-15-13-17-9-11-18(21)12-10-17)23-14-6-16-27(25,26)19-7-4-3-5-8-19;/h3-5,7-12H,2,6,13-16H2,1H3,(H2,22,23,24);1H. The van der Waals surface area contributed by atoms with Gasteiger partial charge in [-0.1, -0.05) is 30.3 Å². The topological polar surface area (TPSA) is 70.6 Å². The molecule has 0 spiro atoms. The summed E-state index contributed by atoms with van der Waals surface area (Å²) in [5.41, 5.74) is 1.04. The Morgan fingerprint density at radius 2 is 1.71 bits per heavy atom. The number of hydrogen-bond donors (Lipinski definition) is 2. The second-order valence-corrected chi connectivity index (χ2v) is 8.16. The van der Waals surface area contributed by atoms with Crippen LogP contribution in [0, 0.1) is 5.82 Å². The lowest BCUT2D eigenvalue weighted by molar-refractivity contribution is 0.593. The molecule has 0 aromatic heterocycles. The highest BCUT2D eigenvalue weighted by Gasteiger charge is 2.12. The van der Waals surface area contributed by atoms with Crippen LogP contribution in [0.5, 0.6) is 0 Å². The highest BCUT2D eigenvalue weighted by Crippen LogP contribution is 2.11. The van der Waals surface area contributed by atoms with Gasteiger partial charge in [0, 0.05) is 19.6 Å². The van der Waals surface area contributed by atoms with Crippen molar-refractivity contribution in [2.45, 2.75) is 24.7 Å². The third-order valence-corrected chi connectivity index (χ3v) is 5.72. The van der Waals surface area contributed by atoms with Crippen molar-refractivity contribution in [1.82, 2.24) is 10.6 Å². The molecule has 0 unspecified atom stereocenters. The van der Waals surface area contributed by atoms with Crippen molar-refractivity contribution < 1.29 is 12.8 Å². The van der Waals surface area contributed by atoms with Crippen LogP contribution in [0.1, 0.15) is 18.9 Å². The molecule has 0 saturated heterocycles. The van der Waals surface area contributed by atoms with E-state index in [-0.39, 0.29) is 35.5 Å². The van der Waals surface area contributed by atoms with Crippen molar-refractivity contribution in [2.75, 3.05) is 25.4 Å². The summed E-state index contributed by atoms with van der Waals surface area (Å²) in [5.74, 6) is 0.471. The van der Waals surface area contributed by atoms with Crippen LogP contribution in [-0.2, 0) is 16.3 Å². The van der Waals surface area contributed by atoms with Crippen LogP contribution >= 0.6 is 24.0 Å². The summed E-state index contributed by atoms with van der Waals surface area (Å²) in [4.78, 5) is 4.77. The van der Waals surface area contributed by atoms with Gasteiger partial charge in [0.25, 0.3) is 0 Å². The Bertz CT molecular complexity index is 828. The van der Waals surface area contributed by atoms with E-state index in [9.17, 15) is 12.8 Å². The molecule has 8 heteroatoms. The molecule has 2 aromatic carbocycles. The summed E-state index contributed by atoms with van der Waals surface area (Å²) in [7, 11) is -3.27. The predicted octanol–water partition coefficient (Wildman–Crippen LogP) is 3.41. The molecular weight excluding hydrogens is 492 g/mol. The van der Waals surface area contributed by atoms with E-state index >= 15 is 0 Å². The fraction of sp³-hybridized carbons (Fsp3) is 0.350. The minimum atomic E-state index is -3.27. The molecule has 0 saturated carbocycles. The Balaban J connectivity index is 0.00000392. The summed E-state index contributed by atoms with van der Waals surface area (Å²) in [6.45, 7) is 3.75. The van der Waals surface area contributed by atoms with Crippen molar-refractivity contribution >= 4 is 39.8 Å². The summed E-state index contributed by atoms with van der Waals surface area (Å²) in [6.07, 6.45) is 1.19. The van der Waals surface area contributed by atoms with Crippen molar-refractivity contribution in [3.05, 3.63) is 66.0 Å². The molecule has 0 atom stereocenters. The first-order valence-corrected chi connectivity index (χ1v) is 10.7. The molecular formula is C20H27FIN3O2S. The molecule has 2 aromatic rings. The number of hydrogen-bond acceptors (Lipinski definition) is 3. The maximum Gasteiger partial charge on any atom is 0.191 e. The zero-order chi connectivity index (χ0) is 19.5. The number of nitrogens with one attached hydrogen (secondary N) is 2. The Kier molecular flexibility index (Phi) is 11.1. The predicted molar refractivity (Wildman–Crippen MR) is 123 cm³/mol. The number of sulfone groups is 1. The van der Waals surface area contributed by atoms with Crippen LogP contribution in [0.15, 0.2) is 64.5 Å². The Labute approximate surface area is 183 Å². The lowest BCUT2D eigenvalue weighted by atomic mass is 10.1. The first kappa shape index (κ1) is 24.4. The summed E-state index contributed by atoms with van der Waals surface area (Å²) < 4.78 is 37.4. The molecule has 0 fully saturated rings. The fourth-order valence-electron chi connectivity index (χ4n) is 2.51. The molecule has 2 rings (SSSR count). The molecule has 0 heterocycles. The van der Waals surface area contributed by atoms with E-state index < -0.39 is 9.84 Å². The monoisotopic (exact) mass is 519 g/mol. The van der Waals surface area contributed by atoms with Gasteiger partial charge < -0.3 is 10.6 Å². The summed E-state index contributed by atoms with van der Waals surface area (Å²) in [5, 5.41) is 6.35. The molecule has 0 amide bonds. The van der Waals surface area contributed by atoms with Gasteiger partial charge in [-0.25, -0.2) is 12.8 Å². The molecule has 0 aliphatic heterocycles. The van der Waals surface area contributed by atoms with Crippen molar-refractivity contribution in [2.24, 2.45) is 4.99 Å². The van der Waals surface area contributed by atoms with Gasteiger partial charge in [0.1, 0.15) is 5.82 Å². The smallest absolute Gasteiger partial charge is 0.191 e. The zero-order valence-electron chi connectivity index (χ0n) is 15.9. The number of rotatable bonds is 9. The van der Waals surface area contributed by atoms with Crippen molar-refractivity contribution in [1.29, 1.82) is 0 Å². The third-order valence-electron chi connectivity index (χ3n) is 3.91. The van der Waals surface area contributed by atoms with E-state index in [1.54, 1.807) is 42.5 Å². The summed E-state index contributed by atoms with van der Waals surface area (Å²) in [6, 6.07) is 14.9. The van der Waals surface area contributed by atoms with Crippen molar-refractivity contribution in [3.63, 3.8) is 0 Å². The minimum Gasteiger partial charge on any atom is -0.357 e. The van der Waals surface area contributed by atoms with Crippen LogP contribution in [0.25, 0.3) is 0 Å². The average molecular weight is 519 g/mol. The van der Waals surface area contributed by atoms with E-state index in [0.717, 1.165) is 12.0 Å². The highest BCUT2D eigenvalue weighted by molar-refractivity contribution is 14.0. The van der Waals surface area contributed by atoms with Crippen LogP contribution in [0.4, 0.5) is 4.39 Å². The first-order chi connectivity index (χ1) is 13.0. The second kappa shape index (κ2) is 12.7. The van der Waals surface area contributed by atoms with Gasteiger partial charge in [-0.3, -0.25) is 4.99 Å².